The van der Waals surface area contributed by atoms with Crippen molar-refractivity contribution in [2.45, 2.75) is 45.9 Å². The molecule has 1 heterocycles. The minimum absolute atomic E-state index is 0.0411. The number of hydrogen-bond donors (Lipinski definition) is 6. The third kappa shape index (κ3) is 12.0. The standard InChI is InChI=1S/C44H50ClN5O7/c1-28-33(6-4-8-39(28)40-9-5-7-38(29(40)2)32-10-12-37(13-11-32)55-17-15-48-14-16-51)27-57-44-41(45)21-34(24-49-25-36(52)22-42(53)54)43(50-44)56-26-31-18-30(23-46)19-35(20-31)47-3/h4-13,18-19,21,31,36,47-49,51-52H,14-17,20,22,24-27H2,1-3H3,(H,53,54)/t31?,36-/m0/s1. The number of rotatable bonds is 21. The molecule has 0 amide bonds. The Morgan fingerprint density at radius 1 is 0.965 bits per heavy atom. The second kappa shape index (κ2) is 21.2. The molecule has 1 unspecified atom stereocenters. The van der Waals surface area contributed by atoms with E-state index in [4.69, 9.17) is 41.0 Å². The summed E-state index contributed by atoms with van der Waals surface area (Å²) in [5.41, 5.74) is 9.58. The average Bonchev–Trinajstić information content (AvgIpc) is 3.20. The lowest BCUT2D eigenvalue weighted by Crippen LogP contribution is -2.28. The fourth-order valence-corrected chi connectivity index (χ4v) is 6.84. The summed E-state index contributed by atoms with van der Waals surface area (Å²) in [5.74, 6) is 0.0550. The number of carbonyl (C=O) groups is 1. The largest absolute Gasteiger partial charge is 0.492 e. The number of aliphatic hydroxyl groups excluding tert-OH is 2. The van der Waals surface area contributed by atoms with Crippen molar-refractivity contribution in [3.63, 3.8) is 0 Å². The Balaban J connectivity index is 1.33. The Morgan fingerprint density at radius 3 is 2.42 bits per heavy atom. The SMILES string of the molecule is CNC1=CC(C#N)=CC(COc2nc(OCc3cccc(-c4cccc(-c5ccc(OCCNCCO)cc5)c4C)c3C)c(Cl)cc2CNC[C@@H](O)CC(=O)O)C1. The van der Waals surface area contributed by atoms with Crippen molar-refractivity contribution in [3.05, 3.63) is 117 Å². The smallest absolute Gasteiger partial charge is 0.306 e. The zero-order chi connectivity index (χ0) is 40.7. The van der Waals surface area contributed by atoms with Crippen LogP contribution in [0.1, 0.15) is 35.1 Å². The number of nitrogens with zero attached hydrogens (tertiary/aromatic N) is 2. The molecule has 2 atom stereocenters. The molecular weight excluding hydrogens is 746 g/mol. The van der Waals surface area contributed by atoms with Gasteiger partial charge in [0.25, 0.3) is 0 Å². The summed E-state index contributed by atoms with van der Waals surface area (Å²) in [7, 11) is 1.81. The van der Waals surface area contributed by atoms with E-state index in [1.54, 1.807) is 6.07 Å². The Labute approximate surface area is 338 Å². The molecule has 3 aromatic carbocycles. The first kappa shape index (κ1) is 42.7. The molecule has 0 radical (unpaired) electrons. The molecule has 1 aliphatic carbocycles. The van der Waals surface area contributed by atoms with Crippen molar-refractivity contribution in [3.8, 4) is 45.8 Å². The third-order valence-electron chi connectivity index (χ3n) is 9.64. The van der Waals surface area contributed by atoms with Gasteiger partial charge in [-0.2, -0.15) is 10.2 Å². The first-order valence-corrected chi connectivity index (χ1v) is 19.3. The fraction of sp³-hybridized carbons (Fsp3) is 0.341. The molecule has 1 aliphatic rings. The number of allylic oxidation sites excluding steroid dienone is 3. The molecule has 57 heavy (non-hydrogen) atoms. The number of carboxylic acid groups (broad SMARTS) is 1. The fourth-order valence-electron chi connectivity index (χ4n) is 6.61. The van der Waals surface area contributed by atoms with Crippen LogP contribution in [0.25, 0.3) is 22.3 Å². The minimum Gasteiger partial charge on any atom is -0.492 e. The van der Waals surface area contributed by atoms with Crippen LogP contribution >= 0.6 is 11.6 Å². The highest BCUT2D eigenvalue weighted by atomic mass is 35.5. The van der Waals surface area contributed by atoms with Crippen LogP contribution in [0, 0.1) is 31.1 Å². The number of nitriles is 1. The summed E-state index contributed by atoms with van der Waals surface area (Å²) in [5, 5.41) is 47.1. The van der Waals surface area contributed by atoms with Gasteiger partial charge in [-0.3, -0.25) is 4.79 Å². The van der Waals surface area contributed by atoms with Gasteiger partial charge in [0, 0.05) is 50.4 Å². The second-order valence-corrected chi connectivity index (χ2v) is 14.2. The van der Waals surface area contributed by atoms with E-state index < -0.39 is 12.1 Å². The first-order chi connectivity index (χ1) is 27.6. The summed E-state index contributed by atoms with van der Waals surface area (Å²) >= 11 is 6.74. The molecular formula is C44H50ClN5O7. The van der Waals surface area contributed by atoms with Gasteiger partial charge in [0.2, 0.25) is 11.8 Å². The van der Waals surface area contributed by atoms with Crippen molar-refractivity contribution in [1.82, 2.24) is 20.9 Å². The minimum atomic E-state index is -1.09. The molecule has 13 heteroatoms. The third-order valence-corrected chi connectivity index (χ3v) is 9.91. The highest BCUT2D eigenvalue weighted by Crippen LogP contribution is 2.36. The zero-order valence-corrected chi connectivity index (χ0v) is 33.2. The zero-order valence-electron chi connectivity index (χ0n) is 32.5. The van der Waals surface area contributed by atoms with Gasteiger partial charge < -0.3 is 45.5 Å². The molecule has 0 saturated heterocycles. The van der Waals surface area contributed by atoms with Crippen LogP contribution in [-0.4, -0.2) is 78.9 Å². The maximum absolute atomic E-state index is 11.0. The normalized spacial score (nSPS) is 14.2. The summed E-state index contributed by atoms with van der Waals surface area (Å²) in [6, 6.07) is 24.4. The molecule has 0 bridgehead atoms. The molecule has 300 valence electrons. The molecule has 0 spiro atoms. The Kier molecular flexibility index (Phi) is 15.9. The van der Waals surface area contributed by atoms with Crippen molar-refractivity contribution < 1.29 is 34.3 Å². The van der Waals surface area contributed by atoms with E-state index in [2.05, 4.69) is 72.3 Å². The number of nitrogens with one attached hydrogen (secondary N) is 3. The summed E-state index contributed by atoms with van der Waals surface area (Å²) in [6.07, 6.45) is 2.87. The monoisotopic (exact) mass is 795 g/mol. The van der Waals surface area contributed by atoms with Crippen LogP contribution in [0.3, 0.4) is 0 Å². The van der Waals surface area contributed by atoms with Crippen molar-refractivity contribution >= 4 is 17.6 Å². The highest BCUT2D eigenvalue weighted by Gasteiger charge is 2.20. The van der Waals surface area contributed by atoms with Gasteiger partial charge in [0.15, 0.2) is 0 Å². The number of halogens is 1. The van der Waals surface area contributed by atoms with E-state index in [0.29, 0.717) is 37.3 Å². The van der Waals surface area contributed by atoms with Crippen molar-refractivity contribution in [2.75, 3.05) is 46.5 Å². The number of pyridine rings is 1. The van der Waals surface area contributed by atoms with Crippen LogP contribution in [0.15, 0.2) is 90.2 Å². The molecule has 1 aromatic heterocycles. The molecule has 5 rings (SSSR count). The molecule has 6 N–H and O–H groups in total. The number of aromatic nitrogens is 1. The van der Waals surface area contributed by atoms with E-state index in [1.807, 2.05) is 43.5 Å². The molecule has 12 nitrogen and oxygen atoms in total. The maximum atomic E-state index is 11.0. The first-order valence-electron chi connectivity index (χ1n) is 18.9. The lowest BCUT2D eigenvalue weighted by molar-refractivity contribution is -0.139. The Morgan fingerprint density at radius 2 is 1.70 bits per heavy atom. The van der Waals surface area contributed by atoms with Gasteiger partial charge in [-0.05, 0) is 83.5 Å². The quantitative estimate of drug-likeness (QED) is 0.0535. The van der Waals surface area contributed by atoms with Gasteiger partial charge >= 0.3 is 5.97 Å². The highest BCUT2D eigenvalue weighted by molar-refractivity contribution is 6.31. The Bertz CT molecular complexity index is 2100. The number of aliphatic carboxylic acids is 1. The van der Waals surface area contributed by atoms with Gasteiger partial charge in [0.1, 0.15) is 24.0 Å². The number of ether oxygens (including phenoxy) is 3. The van der Waals surface area contributed by atoms with Crippen molar-refractivity contribution in [1.29, 1.82) is 5.26 Å². The maximum Gasteiger partial charge on any atom is 0.306 e. The van der Waals surface area contributed by atoms with Gasteiger partial charge in [-0.15, -0.1) is 0 Å². The second-order valence-electron chi connectivity index (χ2n) is 13.8. The van der Waals surface area contributed by atoms with E-state index in [-0.39, 0.29) is 62.0 Å². The summed E-state index contributed by atoms with van der Waals surface area (Å²) < 4.78 is 18.4. The van der Waals surface area contributed by atoms with Crippen LogP contribution in [0.4, 0.5) is 0 Å². The van der Waals surface area contributed by atoms with E-state index in [1.165, 1.54) is 0 Å². The number of benzene rings is 3. The number of hydrogen-bond acceptors (Lipinski definition) is 11. The van der Waals surface area contributed by atoms with Crippen LogP contribution < -0.4 is 30.2 Å². The van der Waals surface area contributed by atoms with E-state index >= 15 is 0 Å². The van der Waals surface area contributed by atoms with E-state index in [0.717, 1.165) is 50.4 Å². The predicted octanol–water partition coefficient (Wildman–Crippen LogP) is 6.10. The Hall–Kier alpha value is -5.42. The molecule has 0 saturated carbocycles. The summed E-state index contributed by atoms with van der Waals surface area (Å²) in [4.78, 5) is 15.7. The van der Waals surface area contributed by atoms with E-state index in [9.17, 15) is 15.2 Å². The van der Waals surface area contributed by atoms with Gasteiger partial charge in [-0.1, -0.05) is 66.2 Å². The number of carboxylic acids is 1. The molecule has 4 aromatic rings. The lowest BCUT2D eigenvalue weighted by atomic mass is 9.89. The van der Waals surface area contributed by atoms with Gasteiger partial charge in [0.05, 0.1) is 37.4 Å². The average molecular weight is 796 g/mol. The molecule has 0 fully saturated rings. The van der Waals surface area contributed by atoms with Gasteiger partial charge in [-0.25, -0.2) is 0 Å². The number of aliphatic hydroxyl groups is 2. The predicted molar refractivity (Wildman–Crippen MR) is 220 cm³/mol. The lowest BCUT2D eigenvalue weighted by Gasteiger charge is -2.21. The van der Waals surface area contributed by atoms with Crippen LogP contribution in [-0.2, 0) is 17.9 Å². The van der Waals surface area contributed by atoms with Crippen molar-refractivity contribution in [2.24, 2.45) is 5.92 Å². The summed E-state index contributed by atoms with van der Waals surface area (Å²) in [6.45, 7) is 6.65. The van der Waals surface area contributed by atoms with Crippen LogP contribution in [0.2, 0.25) is 5.02 Å². The molecule has 0 aliphatic heterocycles. The topological polar surface area (TPSA) is 178 Å². The van der Waals surface area contributed by atoms with Crippen LogP contribution in [0.5, 0.6) is 17.5 Å².